The van der Waals surface area contributed by atoms with Crippen LogP contribution in [0.15, 0.2) is 24.4 Å². The van der Waals surface area contributed by atoms with E-state index in [0.717, 1.165) is 6.07 Å². The van der Waals surface area contributed by atoms with Crippen LogP contribution in [-0.4, -0.2) is 29.4 Å². The molecule has 0 amide bonds. The van der Waals surface area contributed by atoms with E-state index < -0.39 is 17.7 Å². The number of benzene rings is 1. The summed E-state index contributed by atoms with van der Waals surface area (Å²) in [5.41, 5.74) is -1.07. The van der Waals surface area contributed by atoms with Crippen molar-refractivity contribution in [2.75, 3.05) is 13.7 Å². The number of ether oxygens (including phenoxy) is 1. The van der Waals surface area contributed by atoms with Crippen molar-refractivity contribution in [1.29, 1.82) is 0 Å². The van der Waals surface area contributed by atoms with E-state index in [9.17, 15) is 18.0 Å². The minimum atomic E-state index is -4.60. The zero-order valence-corrected chi connectivity index (χ0v) is 10.6. The number of fused-ring (bicyclic) bond motifs is 1. The molecule has 0 fully saturated rings. The molecule has 0 saturated carbocycles. The lowest BCUT2D eigenvalue weighted by atomic mass is 10.1. The molecule has 7 heteroatoms. The van der Waals surface area contributed by atoms with Gasteiger partial charge in [0.15, 0.2) is 0 Å². The Morgan fingerprint density at radius 1 is 1.40 bits per heavy atom. The maximum Gasteiger partial charge on any atom is 0.417 e. The molecule has 0 saturated heterocycles. The average molecular weight is 287 g/mol. The topological polar surface area (TPSA) is 51.5 Å². The van der Waals surface area contributed by atoms with Crippen LogP contribution >= 0.6 is 0 Å². The van der Waals surface area contributed by atoms with Gasteiger partial charge in [-0.15, -0.1) is 0 Å². The van der Waals surface area contributed by atoms with Gasteiger partial charge in [0.1, 0.15) is 0 Å². The minimum Gasteiger partial charge on any atom is -0.478 e. The minimum absolute atomic E-state index is 0.231. The number of rotatable bonds is 4. The predicted molar refractivity (Wildman–Crippen MR) is 65.8 cm³/mol. The van der Waals surface area contributed by atoms with Crippen LogP contribution in [0.3, 0.4) is 0 Å². The summed E-state index contributed by atoms with van der Waals surface area (Å²) in [6.45, 7) is 0.556. The Morgan fingerprint density at radius 2 is 2.10 bits per heavy atom. The zero-order chi connectivity index (χ0) is 14.9. The van der Waals surface area contributed by atoms with Gasteiger partial charge in [-0.05, 0) is 12.1 Å². The second-order valence-electron chi connectivity index (χ2n) is 4.23. The lowest BCUT2D eigenvalue weighted by Gasteiger charge is -2.09. The number of carbonyl (C=O) groups is 1. The molecule has 0 atom stereocenters. The number of carboxylic acid groups (broad SMARTS) is 1. The standard InChI is InChI=1S/C13H12F3NO3/c1-20-6-5-17-7-8(12(18)19)11-9(13(14,15)16)3-2-4-10(11)17/h2-4,7H,5-6H2,1H3,(H,18,19). The molecular weight excluding hydrogens is 275 g/mol. The maximum atomic E-state index is 13.0. The van der Waals surface area contributed by atoms with E-state index in [1.54, 1.807) is 0 Å². The SMILES string of the molecule is COCCn1cc(C(=O)O)c2c(C(F)(F)F)cccc21. The van der Waals surface area contributed by atoms with Crippen LogP contribution < -0.4 is 0 Å². The number of carboxylic acids is 1. The quantitative estimate of drug-likeness (QED) is 0.940. The Morgan fingerprint density at radius 3 is 2.65 bits per heavy atom. The van der Waals surface area contributed by atoms with E-state index in [2.05, 4.69) is 0 Å². The summed E-state index contributed by atoms with van der Waals surface area (Å²) in [7, 11) is 1.46. The summed E-state index contributed by atoms with van der Waals surface area (Å²) in [4.78, 5) is 11.2. The summed E-state index contributed by atoms with van der Waals surface area (Å²) in [6.07, 6.45) is -3.39. The van der Waals surface area contributed by atoms with E-state index in [0.29, 0.717) is 0 Å². The van der Waals surface area contributed by atoms with Gasteiger partial charge in [0.05, 0.1) is 17.7 Å². The van der Waals surface area contributed by atoms with Crippen LogP contribution in [0.2, 0.25) is 0 Å². The highest BCUT2D eigenvalue weighted by atomic mass is 19.4. The number of nitrogens with zero attached hydrogens (tertiary/aromatic N) is 1. The number of halogens is 3. The van der Waals surface area contributed by atoms with E-state index in [4.69, 9.17) is 9.84 Å². The van der Waals surface area contributed by atoms with Gasteiger partial charge in [0, 0.05) is 30.8 Å². The normalized spacial score (nSPS) is 12.0. The molecule has 1 heterocycles. The first-order valence-electron chi connectivity index (χ1n) is 5.77. The average Bonchev–Trinajstić information content (AvgIpc) is 2.74. The highest BCUT2D eigenvalue weighted by molar-refractivity contribution is 6.05. The Balaban J connectivity index is 2.73. The fourth-order valence-electron chi connectivity index (χ4n) is 2.13. The molecule has 0 bridgehead atoms. The van der Waals surface area contributed by atoms with Gasteiger partial charge in [-0.2, -0.15) is 13.2 Å². The number of aromatic nitrogens is 1. The molecule has 2 aromatic rings. The van der Waals surface area contributed by atoms with Crippen molar-refractivity contribution in [3.8, 4) is 0 Å². The van der Waals surface area contributed by atoms with Gasteiger partial charge >= 0.3 is 12.1 Å². The predicted octanol–water partition coefficient (Wildman–Crippen LogP) is 3.00. The third-order valence-electron chi connectivity index (χ3n) is 2.98. The van der Waals surface area contributed by atoms with Gasteiger partial charge < -0.3 is 14.4 Å². The molecule has 2 rings (SSSR count). The van der Waals surface area contributed by atoms with E-state index in [-0.39, 0.29) is 29.6 Å². The largest absolute Gasteiger partial charge is 0.478 e. The van der Waals surface area contributed by atoms with Crippen molar-refractivity contribution >= 4 is 16.9 Å². The molecule has 108 valence electrons. The van der Waals surface area contributed by atoms with Gasteiger partial charge in [-0.25, -0.2) is 4.79 Å². The summed E-state index contributed by atoms with van der Waals surface area (Å²) in [5.74, 6) is -1.39. The molecule has 0 aliphatic carbocycles. The molecule has 0 aliphatic heterocycles. The van der Waals surface area contributed by atoms with E-state index >= 15 is 0 Å². The van der Waals surface area contributed by atoms with E-state index in [1.807, 2.05) is 0 Å². The summed E-state index contributed by atoms with van der Waals surface area (Å²) < 4.78 is 45.3. The molecular formula is C13H12F3NO3. The van der Waals surface area contributed by atoms with Crippen LogP contribution in [-0.2, 0) is 17.5 Å². The van der Waals surface area contributed by atoms with Gasteiger partial charge in [-0.3, -0.25) is 0 Å². The van der Waals surface area contributed by atoms with Crippen molar-refractivity contribution in [1.82, 2.24) is 4.57 Å². The number of methoxy groups -OCH3 is 1. The molecule has 1 aromatic carbocycles. The third kappa shape index (κ3) is 2.49. The molecule has 20 heavy (non-hydrogen) atoms. The van der Waals surface area contributed by atoms with Crippen LogP contribution in [0.5, 0.6) is 0 Å². The number of alkyl halides is 3. The molecule has 4 nitrogen and oxygen atoms in total. The van der Waals surface area contributed by atoms with Crippen LogP contribution in [0.1, 0.15) is 15.9 Å². The Hall–Kier alpha value is -2.02. The van der Waals surface area contributed by atoms with Crippen molar-refractivity contribution in [3.05, 3.63) is 35.5 Å². The molecule has 1 aromatic heterocycles. The number of hydrogen-bond donors (Lipinski definition) is 1. The fourth-order valence-corrected chi connectivity index (χ4v) is 2.13. The van der Waals surface area contributed by atoms with Crippen molar-refractivity contribution < 1.29 is 27.8 Å². The lowest BCUT2D eigenvalue weighted by molar-refractivity contribution is -0.136. The first kappa shape index (κ1) is 14.4. The first-order chi connectivity index (χ1) is 9.36. The monoisotopic (exact) mass is 287 g/mol. The molecule has 1 N–H and O–H groups in total. The maximum absolute atomic E-state index is 13.0. The van der Waals surface area contributed by atoms with Crippen LogP contribution in [0, 0.1) is 0 Å². The van der Waals surface area contributed by atoms with Gasteiger partial charge in [0.25, 0.3) is 0 Å². The highest BCUT2D eigenvalue weighted by Gasteiger charge is 2.35. The Labute approximate surface area is 112 Å². The van der Waals surface area contributed by atoms with Crippen LogP contribution in [0.25, 0.3) is 10.9 Å². The number of aromatic carboxylic acids is 1. The second kappa shape index (κ2) is 5.16. The molecule has 0 unspecified atom stereocenters. The van der Waals surface area contributed by atoms with Crippen molar-refractivity contribution in [3.63, 3.8) is 0 Å². The zero-order valence-electron chi connectivity index (χ0n) is 10.6. The third-order valence-corrected chi connectivity index (χ3v) is 2.98. The summed E-state index contributed by atoms with van der Waals surface area (Å²) in [5, 5.41) is 8.81. The first-order valence-corrected chi connectivity index (χ1v) is 5.77. The van der Waals surface area contributed by atoms with Crippen LogP contribution in [0.4, 0.5) is 13.2 Å². The van der Waals surface area contributed by atoms with Crippen molar-refractivity contribution in [2.45, 2.75) is 12.7 Å². The smallest absolute Gasteiger partial charge is 0.417 e. The second-order valence-corrected chi connectivity index (χ2v) is 4.23. The Kier molecular flexibility index (Phi) is 3.71. The van der Waals surface area contributed by atoms with Gasteiger partial charge in [-0.1, -0.05) is 6.07 Å². The molecule has 0 aliphatic rings. The summed E-state index contributed by atoms with van der Waals surface area (Å²) >= 11 is 0. The lowest BCUT2D eigenvalue weighted by Crippen LogP contribution is -2.07. The van der Waals surface area contributed by atoms with Gasteiger partial charge in [0.2, 0.25) is 0 Å². The fraction of sp³-hybridized carbons (Fsp3) is 0.308. The molecule has 0 radical (unpaired) electrons. The van der Waals surface area contributed by atoms with Crippen molar-refractivity contribution in [2.24, 2.45) is 0 Å². The Bertz CT molecular complexity index is 646. The summed E-state index contributed by atoms with van der Waals surface area (Å²) in [6, 6.07) is 3.61. The molecule has 0 spiro atoms. The highest BCUT2D eigenvalue weighted by Crippen LogP contribution is 2.37. The number of hydrogen-bond acceptors (Lipinski definition) is 2. The van der Waals surface area contributed by atoms with E-state index in [1.165, 1.54) is 30.0 Å².